The highest BCUT2D eigenvalue weighted by Gasteiger charge is 2.11. The monoisotopic (exact) mass is 375 g/mol. The molecule has 1 aromatic heterocycles. The van der Waals surface area contributed by atoms with E-state index in [9.17, 15) is 4.39 Å². The van der Waals surface area contributed by atoms with Crippen molar-refractivity contribution in [3.05, 3.63) is 39.3 Å². The Bertz CT molecular complexity index is 658. The number of anilines is 1. The molecule has 5 nitrogen and oxygen atoms in total. The molecule has 0 bridgehead atoms. The molecule has 0 saturated heterocycles. The second-order valence-electron chi connectivity index (χ2n) is 3.98. The molecular formula is C13H12BrClFN3O2. The molecule has 2 rings (SSSR count). The third kappa shape index (κ3) is 4.26. The number of hydrogen-bond donors (Lipinski definition) is 1. The summed E-state index contributed by atoms with van der Waals surface area (Å²) in [7, 11) is 0. The molecule has 0 aliphatic rings. The Morgan fingerprint density at radius 2 is 2.10 bits per heavy atom. The molecule has 2 N–H and O–H groups in total. The number of nitrogens with two attached hydrogens (primary N) is 1. The summed E-state index contributed by atoms with van der Waals surface area (Å²) >= 11 is 8.92. The van der Waals surface area contributed by atoms with Crippen LogP contribution in [-0.4, -0.2) is 16.6 Å². The number of ether oxygens (including phenoxy) is 2. The number of benzene rings is 1. The van der Waals surface area contributed by atoms with E-state index in [4.69, 9.17) is 26.8 Å². The molecule has 0 saturated carbocycles. The smallest absolute Gasteiger partial charge is 0.224 e. The summed E-state index contributed by atoms with van der Waals surface area (Å²) < 4.78 is 24.7. The summed E-state index contributed by atoms with van der Waals surface area (Å²) in [6.45, 7) is 2.60. The topological polar surface area (TPSA) is 70.3 Å². The predicted octanol–water partition coefficient (Wildman–Crippen LogP) is 3.94. The van der Waals surface area contributed by atoms with Gasteiger partial charge in [-0.25, -0.2) is 9.37 Å². The second-order valence-corrected chi connectivity index (χ2v) is 5.24. The lowest BCUT2D eigenvalue weighted by Gasteiger charge is -2.09. The van der Waals surface area contributed by atoms with Gasteiger partial charge >= 0.3 is 0 Å². The van der Waals surface area contributed by atoms with E-state index < -0.39 is 5.82 Å². The van der Waals surface area contributed by atoms with Crippen LogP contribution in [0.1, 0.15) is 12.7 Å². The van der Waals surface area contributed by atoms with Crippen molar-refractivity contribution in [2.45, 2.75) is 13.5 Å². The van der Waals surface area contributed by atoms with Crippen molar-refractivity contribution in [1.82, 2.24) is 9.97 Å². The van der Waals surface area contributed by atoms with Crippen molar-refractivity contribution in [2.75, 3.05) is 12.3 Å². The van der Waals surface area contributed by atoms with Crippen LogP contribution in [-0.2, 0) is 11.3 Å². The highest BCUT2D eigenvalue weighted by molar-refractivity contribution is 9.10. The third-order valence-electron chi connectivity index (χ3n) is 2.39. The van der Waals surface area contributed by atoms with Crippen LogP contribution in [0.4, 0.5) is 10.2 Å². The molecule has 0 aliphatic carbocycles. The molecule has 0 fully saturated rings. The maximum Gasteiger partial charge on any atom is 0.224 e. The zero-order valence-corrected chi connectivity index (χ0v) is 13.4. The van der Waals surface area contributed by atoms with Crippen molar-refractivity contribution in [3.63, 3.8) is 0 Å². The molecule has 1 aromatic carbocycles. The van der Waals surface area contributed by atoms with Gasteiger partial charge in [0, 0.05) is 18.7 Å². The lowest BCUT2D eigenvalue weighted by Crippen LogP contribution is -2.04. The highest BCUT2D eigenvalue weighted by atomic mass is 79.9. The van der Waals surface area contributed by atoms with Gasteiger partial charge in [0.15, 0.2) is 5.82 Å². The van der Waals surface area contributed by atoms with Gasteiger partial charge in [0.1, 0.15) is 24.0 Å². The first-order chi connectivity index (χ1) is 9.99. The van der Waals surface area contributed by atoms with E-state index in [-0.39, 0.29) is 29.1 Å². The third-order valence-corrected chi connectivity index (χ3v) is 3.30. The Kier molecular flexibility index (Phi) is 5.33. The van der Waals surface area contributed by atoms with E-state index in [0.717, 1.165) is 6.07 Å². The standard InChI is InChI=1S/C13H12BrClFN3O2/c1-2-20-6-12-18-11(17)5-13(19-12)21-10-4-9(16)8(15)3-7(10)14/h3-5H,2,6H2,1H3,(H2,17,18,19). The van der Waals surface area contributed by atoms with E-state index in [0.29, 0.717) is 16.9 Å². The molecular weight excluding hydrogens is 365 g/mol. The molecule has 2 aromatic rings. The van der Waals surface area contributed by atoms with Gasteiger partial charge in [-0.2, -0.15) is 4.98 Å². The van der Waals surface area contributed by atoms with Crippen LogP contribution in [0.5, 0.6) is 11.6 Å². The zero-order chi connectivity index (χ0) is 15.4. The molecule has 0 spiro atoms. The quantitative estimate of drug-likeness (QED) is 0.800. The predicted molar refractivity (Wildman–Crippen MR) is 81.0 cm³/mol. The summed E-state index contributed by atoms with van der Waals surface area (Å²) in [4.78, 5) is 8.17. The Morgan fingerprint density at radius 3 is 2.81 bits per heavy atom. The van der Waals surface area contributed by atoms with Gasteiger partial charge in [0.05, 0.1) is 9.50 Å². The summed E-state index contributed by atoms with van der Waals surface area (Å²) in [5, 5.41) is -0.00605. The summed E-state index contributed by atoms with van der Waals surface area (Å²) in [6.07, 6.45) is 0. The van der Waals surface area contributed by atoms with Crippen LogP contribution in [0.3, 0.4) is 0 Å². The average molecular weight is 377 g/mol. The van der Waals surface area contributed by atoms with Crippen LogP contribution >= 0.6 is 27.5 Å². The average Bonchev–Trinajstić information content (AvgIpc) is 2.42. The van der Waals surface area contributed by atoms with Crippen LogP contribution in [0.2, 0.25) is 5.02 Å². The van der Waals surface area contributed by atoms with Gasteiger partial charge in [0.2, 0.25) is 5.88 Å². The summed E-state index contributed by atoms with van der Waals surface area (Å²) in [5.41, 5.74) is 5.68. The SMILES string of the molecule is CCOCc1nc(N)cc(Oc2cc(F)c(Cl)cc2Br)n1. The first-order valence-corrected chi connectivity index (χ1v) is 7.20. The Labute approximate surface area is 134 Å². The number of aromatic nitrogens is 2. The van der Waals surface area contributed by atoms with Crippen molar-refractivity contribution in [3.8, 4) is 11.6 Å². The zero-order valence-electron chi connectivity index (χ0n) is 11.1. The van der Waals surface area contributed by atoms with Crippen molar-refractivity contribution in [1.29, 1.82) is 0 Å². The molecule has 0 aliphatic heterocycles. The molecule has 0 radical (unpaired) electrons. The van der Waals surface area contributed by atoms with Crippen LogP contribution < -0.4 is 10.5 Å². The molecule has 21 heavy (non-hydrogen) atoms. The second kappa shape index (κ2) is 7.02. The fourth-order valence-corrected chi connectivity index (χ4v) is 2.22. The minimum atomic E-state index is -0.591. The van der Waals surface area contributed by atoms with Crippen LogP contribution in [0.15, 0.2) is 22.7 Å². The minimum absolute atomic E-state index is 0.00605. The first kappa shape index (κ1) is 15.9. The highest BCUT2D eigenvalue weighted by Crippen LogP contribution is 2.33. The van der Waals surface area contributed by atoms with Gasteiger partial charge < -0.3 is 15.2 Å². The molecule has 1 heterocycles. The molecule has 0 unspecified atom stereocenters. The van der Waals surface area contributed by atoms with Gasteiger partial charge in [-0.1, -0.05) is 11.6 Å². The van der Waals surface area contributed by atoms with Crippen molar-refractivity contribution in [2.24, 2.45) is 0 Å². The number of nitrogens with zero attached hydrogens (tertiary/aromatic N) is 2. The lowest BCUT2D eigenvalue weighted by atomic mass is 10.3. The van der Waals surface area contributed by atoms with Gasteiger partial charge in [-0.05, 0) is 28.9 Å². The van der Waals surface area contributed by atoms with E-state index in [1.165, 1.54) is 12.1 Å². The van der Waals surface area contributed by atoms with E-state index >= 15 is 0 Å². The minimum Gasteiger partial charge on any atom is -0.438 e. The largest absolute Gasteiger partial charge is 0.438 e. The van der Waals surface area contributed by atoms with E-state index in [1.807, 2.05) is 6.92 Å². The first-order valence-electron chi connectivity index (χ1n) is 6.03. The lowest BCUT2D eigenvalue weighted by molar-refractivity contribution is 0.128. The van der Waals surface area contributed by atoms with E-state index in [2.05, 4.69) is 25.9 Å². The van der Waals surface area contributed by atoms with Crippen molar-refractivity contribution >= 4 is 33.3 Å². The van der Waals surface area contributed by atoms with Gasteiger partial charge in [-0.3, -0.25) is 0 Å². The van der Waals surface area contributed by atoms with Gasteiger partial charge in [0.25, 0.3) is 0 Å². The maximum absolute atomic E-state index is 13.5. The van der Waals surface area contributed by atoms with Gasteiger partial charge in [-0.15, -0.1) is 0 Å². The molecule has 0 atom stereocenters. The Balaban J connectivity index is 2.27. The fourth-order valence-electron chi connectivity index (χ4n) is 1.50. The van der Waals surface area contributed by atoms with Crippen LogP contribution in [0, 0.1) is 5.82 Å². The summed E-state index contributed by atoms with van der Waals surface area (Å²) in [5.74, 6) is 0.459. The Morgan fingerprint density at radius 1 is 1.33 bits per heavy atom. The van der Waals surface area contributed by atoms with Crippen LogP contribution in [0.25, 0.3) is 0 Å². The summed E-state index contributed by atoms with van der Waals surface area (Å²) in [6, 6.07) is 4.00. The molecule has 112 valence electrons. The number of halogens is 3. The normalized spacial score (nSPS) is 10.7. The van der Waals surface area contributed by atoms with Crippen molar-refractivity contribution < 1.29 is 13.9 Å². The maximum atomic E-state index is 13.5. The number of hydrogen-bond acceptors (Lipinski definition) is 5. The molecule has 8 heteroatoms. The Hall–Kier alpha value is -1.44. The van der Waals surface area contributed by atoms with E-state index in [1.54, 1.807) is 0 Å². The molecule has 0 amide bonds. The number of nitrogen functional groups attached to an aromatic ring is 1. The number of rotatable bonds is 5. The fraction of sp³-hybridized carbons (Fsp3) is 0.231.